The number of nitrogens with one attached hydrogen (secondary N) is 1. The molecule has 0 radical (unpaired) electrons. The van der Waals surface area contributed by atoms with Gasteiger partial charge in [-0.05, 0) is 49.2 Å². The maximum atomic E-state index is 12.2. The SMILES string of the molecule is CCCCOc1ccc(C(=O)NCCCc2nc(-c3ccncc3)cs2)cc1. The Morgan fingerprint density at radius 3 is 2.64 bits per heavy atom. The first-order valence-electron chi connectivity index (χ1n) is 9.62. The largest absolute Gasteiger partial charge is 0.494 e. The van der Waals surface area contributed by atoms with Crippen LogP contribution in [-0.4, -0.2) is 29.0 Å². The summed E-state index contributed by atoms with van der Waals surface area (Å²) in [5, 5.41) is 6.11. The molecule has 0 saturated heterocycles. The van der Waals surface area contributed by atoms with Crippen molar-refractivity contribution in [2.45, 2.75) is 32.6 Å². The van der Waals surface area contributed by atoms with Gasteiger partial charge in [-0.3, -0.25) is 9.78 Å². The van der Waals surface area contributed by atoms with E-state index >= 15 is 0 Å². The zero-order valence-electron chi connectivity index (χ0n) is 16.1. The average molecular weight is 396 g/mol. The molecule has 0 spiro atoms. The average Bonchev–Trinajstić information content (AvgIpc) is 3.21. The lowest BCUT2D eigenvalue weighted by molar-refractivity contribution is 0.0953. The predicted molar refractivity (Wildman–Crippen MR) is 113 cm³/mol. The van der Waals surface area contributed by atoms with Crippen LogP contribution in [0.15, 0.2) is 54.2 Å². The number of amides is 1. The van der Waals surface area contributed by atoms with Crippen molar-refractivity contribution in [1.82, 2.24) is 15.3 Å². The number of benzene rings is 1. The molecule has 1 amide bonds. The Kier molecular flexibility index (Phi) is 7.55. The third-order valence-corrected chi connectivity index (χ3v) is 5.17. The van der Waals surface area contributed by atoms with E-state index < -0.39 is 0 Å². The van der Waals surface area contributed by atoms with Crippen molar-refractivity contribution >= 4 is 17.2 Å². The minimum absolute atomic E-state index is 0.0586. The van der Waals surface area contributed by atoms with Crippen LogP contribution in [0, 0.1) is 0 Å². The fraction of sp³-hybridized carbons (Fsp3) is 0.318. The Hall–Kier alpha value is -2.73. The van der Waals surface area contributed by atoms with Gasteiger partial charge < -0.3 is 10.1 Å². The fourth-order valence-electron chi connectivity index (χ4n) is 2.66. The van der Waals surface area contributed by atoms with Crippen LogP contribution in [0.1, 0.15) is 41.6 Å². The number of pyridine rings is 1. The van der Waals surface area contributed by atoms with Crippen LogP contribution >= 0.6 is 11.3 Å². The second kappa shape index (κ2) is 10.6. The van der Waals surface area contributed by atoms with Crippen molar-refractivity contribution in [2.24, 2.45) is 0 Å². The van der Waals surface area contributed by atoms with E-state index in [4.69, 9.17) is 4.74 Å². The Balaban J connectivity index is 1.40. The third-order valence-electron chi connectivity index (χ3n) is 4.26. The summed E-state index contributed by atoms with van der Waals surface area (Å²) in [6.45, 7) is 3.46. The van der Waals surface area contributed by atoms with Crippen LogP contribution in [0.3, 0.4) is 0 Å². The van der Waals surface area contributed by atoms with Crippen molar-refractivity contribution in [3.8, 4) is 17.0 Å². The van der Waals surface area contributed by atoms with Crippen LogP contribution in [0.5, 0.6) is 5.75 Å². The van der Waals surface area contributed by atoms with Crippen LogP contribution in [0.4, 0.5) is 0 Å². The molecule has 0 atom stereocenters. The number of carbonyl (C=O) groups excluding carboxylic acids is 1. The first kappa shape index (κ1) is 20.0. The Morgan fingerprint density at radius 2 is 1.89 bits per heavy atom. The molecule has 1 N–H and O–H groups in total. The lowest BCUT2D eigenvalue weighted by Crippen LogP contribution is -2.24. The van der Waals surface area contributed by atoms with Crippen molar-refractivity contribution < 1.29 is 9.53 Å². The van der Waals surface area contributed by atoms with E-state index in [0.29, 0.717) is 18.7 Å². The van der Waals surface area contributed by atoms with Crippen molar-refractivity contribution in [1.29, 1.82) is 0 Å². The molecule has 1 aromatic carbocycles. The third kappa shape index (κ3) is 5.89. The summed E-state index contributed by atoms with van der Waals surface area (Å²) in [6.07, 6.45) is 7.38. The molecule has 0 aliphatic rings. The smallest absolute Gasteiger partial charge is 0.251 e. The van der Waals surface area contributed by atoms with E-state index in [-0.39, 0.29) is 5.91 Å². The van der Waals surface area contributed by atoms with E-state index in [1.807, 2.05) is 24.3 Å². The van der Waals surface area contributed by atoms with Gasteiger partial charge in [0.05, 0.1) is 17.3 Å². The molecular weight excluding hydrogens is 370 g/mol. The maximum absolute atomic E-state index is 12.2. The lowest BCUT2D eigenvalue weighted by atomic mass is 10.2. The van der Waals surface area contributed by atoms with Gasteiger partial charge in [0, 0.05) is 41.9 Å². The van der Waals surface area contributed by atoms with Gasteiger partial charge in [-0.15, -0.1) is 11.3 Å². The molecular formula is C22H25N3O2S. The summed E-state index contributed by atoms with van der Waals surface area (Å²) in [4.78, 5) is 20.9. The number of ether oxygens (including phenoxy) is 1. The van der Waals surface area contributed by atoms with Crippen LogP contribution < -0.4 is 10.1 Å². The fourth-order valence-corrected chi connectivity index (χ4v) is 3.51. The van der Waals surface area contributed by atoms with E-state index in [1.165, 1.54) is 0 Å². The first-order valence-corrected chi connectivity index (χ1v) is 10.5. The number of hydrogen-bond acceptors (Lipinski definition) is 5. The highest BCUT2D eigenvalue weighted by Gasteiger charge is 2.07. The van der Waals surface area contributed by atoms with Gasteiger partial charge in [0.1, 0.15) is 5.75 Å². The lowest BCUT2D eigenvalue weighted by Gasteiger charge is -2.07. The van der Waals surface area contributed by atoms with E-state index in [1.54, 1.807) is 35.9 Å². The van der Waals surface area contributed by atoms with Crippen LogP contribution in [0.25, 0.3) is 11.3 Å². The predicted octanol–water partition coefficient (Wildman–Crippen LogP) is 4.75. The minimum atomic E-state index is -0.0586. The molecule has 0 saturated carbocycles. The van der Waals surface area contributed by atoms with E-state index in [0.717, 1.165) is 47.7 Å². The number of thiazole rings is 1. The van der Waals surface area contributed by atoms with E-state index in [9.17, 15) is 4.79 Å². The molecule has 2 aromatic heterocycles. The summed E-state index contributed by atoms with van der Waals surface area (Å²) in [5.74, 6) is 0.746. The Bertz CT molecular complexity index is 863. The van der Waals surface area contributed by atoms with E-state index in [2.05, 4.69) is 27.6 Å². The number of carbonyl (C=O) groups is 1. The second-order valence-electron chi connectivity index (χ2n) is 6.45. The molecule has 6 heteroatoms. The summed E-state index contributed by atoms with van der Waals surface area (Å²) >= 11 is 1.65. The number of nitrogens with zero attached hydrogens (tertiary/aromatic N) is 2. The number of unbranched alkanes of at least 4 members (excludes halogenated alkanes) is 1. The Morgan fingerprint density at radius 1 is 1.11 bits per heavy atom. The quantitative estimate of drug-likeness (QED) is 0.503. The van der Waals surface area contributed by atoms with Gasteiger partial charge in [0.15, 0.2) is 0 Å². The molecule has 0 aliphatic carbocycles. The molecule has 28 heavy (non-hydrogen) atoms. The zero-order chi connectivity index (χ0) is 19.6. The molecule has 0 bridgehead atoms. The second-order valence-corrected chi connectivity index (χ2v) is 7.39. The molecule has 2 heterocycles. The van der Waals surface area contributed by atoms with Gasteiger partial charge in [-0.1, -0.05) is 13.3 Å². The summed E-state index contributed by atoms with van der Waals surface area (Å²) in [6, 6.07) is 11.2. The maximum Gasteiger partial charge on any atom is 0.251 e. The topological polar surface area (TPSA) is 64.1 Å². The standard InChI is InChI=1S/C22H25N3O2S/c1-2-3-15-27-19-8-6-18(7-9-19)22(26)24-12-4-5-21-25-20(16-28-21)17-10-13-23-14-11-17/h6-11,13-14,16H,2-5,12,15H2,1H3,(H,24,26). The molecule has 0 unspecified atom stereocenters. The molecule has 5 nitrogen and oxygen atoms in total. The number of hydrogen-bond donors (Lipinski definition) is 1. The van der Waals surface area contributed by atoms with Crippen molar-refractivity contribution in [3.05, 3.63) is 64.7 Å². The normalized spacial score (nSPS) is 10.6. The van der Waals surface area contributed by atoms with Gasteiger partial charge >= 0.3 is 0 Å². The van der Waals surface area contributed by atoms with Gasteiger partial charge in [-0.2, -0.15) is 0 Å². The zero-order valence-corrected chi connectivity index (χ0v) is 16.9. The highest BCUT2D eigenvalue weighted by atomic mass is 32.1. The number of aryl methyl sites for hydroxylation is 1. The van der Waals surface area contributed by atoms with Gasteiger partial charge in [-0.25, -0.2) is 4.98 Å². The minimum Gasteiger partial charge on any atom is -0.494 e. The van der Waals surface area contributed by atoms with Crippen LogP contribution in [0.2, 0.25) is 0 Å². The summed E-state index contributed by atoms with van der Waals surface area (Å²) in [5.41, 5.74) is 2.71. The van der Waals surface area contributed by atoms with Crippen LogP contribution in [-0.2, 0) is 6.42 Å². The van der Waals surface area contributed by atoms with Gasteiger partial charge in [0.25, 0.3) is 5.91 Å². The monoisotopic (exact) mass is 395 g/mol. The molecule has 146 valence electrons. The van der Waals surface area contributed by atoms with Crippen molar-refractivity contribution in [3.63, 3.8) is 0 Å². The highest BCUT2D eigenvalue weighted by Crippen LogP contribution is 2.21. The Labute approximate surface area is 169 Å². The first-order chi connectivity index (χ1) is 13.8. The molecule has 0 aliphatic heterocycles. The van der Waals surface area contributed by atoms with Gasteiger partial charge in [0.2, 0.25) is 0 Å². The number of aromatic nitrogens is 2. The molecule has 3 aromatic rings. The summed E-state index contributed by atoms with van der Waals surface area (Å²) < 4.78 is 5.62. The van der Waals surface area contributed by atoms with Crippen molar-refractivity contribution in [2.75, 3.05) is 13.2 Å². The molecule has 3 rings (SSSR count). The summed E-state index contributed by atoms with van der Waals surface area (Å²) in [7, 11) is 0. The molecule has 0 fully saturated rings. The highest BCUT2D eigenvalue weighted by molar-refractivity contribution is 7.09. The number of rotatable bonds is 10.